The molecule has 0 spiro atoms. The average molecular weight is 280 g/mol. The van der Waals surface area contributed by atoms with Crippen molar-refractivity contribution >= 4 is 33.7 Å². The maximum absolute atomic E-state index is 11.6. The van der Waals surface area contributed by atoms with Gasteiger partial charge in [0.1, 0.15) is 5.00 Å². The van der Waals surface area contributed by atoms with Gasteiger partial charge in [-0.1, -0.05) is 6.07 Å². The maximum Gasteiger partial charge on any atom is 0.164 e. The van der Waals surface area contributed by atoms with E-state index in [1.807, 2.05) is 6.92 Å². The molecule has 1 atom stereocenters. The van der Waals surface area contributed by atoms with E-state index in [0.29, 0.717) is 6.04 Å². The Balaban J connectivity index is 2.07. The lowest BCUT2D eigenvalue weighted by atomic mass is 10.1. The van der Waals surface area contributed by atoms with Crippen molar-refractivity contribution in [3.63, 3.8) is 0 Å². The van der Waals surface area contributed by atoms with E-state index >= 15 is 0 Å². The SMILES string of the molecule is CC(=O)c1c(C)nsc1NC(C)Cc1cccs1. The molecule has 3 nitrogen and oxygen atoms in total. The summed E-state index contributed by atoms with van der Waals surface area (Å²) in [5.74, 6) is 0.0760. The fourth-order valence-electron chi connectivity index (χ4n) is 1.89. The van der Waals surface area contributed by atoms with E-state index in [9.17, 15) is 4.79 Å². The number of anilines is 1. The Morgan fingerprint density at radius 3 is 2.94 bits per heavy atom. The van der Waals surface area contributed by atoms with Crippen molar-refractivity contribution in [2.45, 2.75) is 33.2 Å². The summed E-state index contributed by atoms with van der Waals surface area (Å²) in [5.41, 5.74) is 1.55. The molecule has 2 aromatic heterocycles. The molecule has 0 fully saturated rings. The van der Waals surface area contributed by atoms with E-state index in [4.69, 9.17) is 0 Å². The van der Waals surface area contributed by atoms with Gasteiger partial charge in [0.15, 0.2) is 5.78 Å². The zero-order valence-corrected chi connectivity index (χ0v) is 12.3. The summed E-state index contributed by atoms with van der Waals surface area (Å²) in [7, 11) is 0. The van der Waals surface area contributed by atoms with Crippen LogP contribution in [0, 0.1) is 6.92 Å². The molecule has 1 unspecified atom stereocenters. The monoisotopic (exact) mass is 280 g/mol. The highest BCUT2D eigenvalue weighted by Gasteiger charge is 2.16. The van der Waals surface area contributed by atoms with E-state index in [1.165, 1.54) is 16.4 Å². The number of thiophene rings is 1. The molecular weight excluding hydrogens is 264 g/mol. The molecular formula is C13H16N2OS2. The molecule has 2 rings (SSSR count). The number of nitrogens with one attached hydrogen (secondary N) is 1. The van der Waals surface area contributed by atoms with Crippen LogP contribution in [-0.2, 0) is 6.42 Å². The molecule has 2 aromatic rings. The number of hydrogen-bond donors (Lipinski definition) is 1. The summed E-state index contributed by atoms with van der Waals surface area (Å²) in [5, 5.41) is 6.37. The molecule has 0 aliphatic carbocycles. The first-order chi connectivity index (χ1) is 8.58. The highest BCUT2D eigenvalue weighted by atomic mass is 32.1. The van der Waals surface area contributed by atoms with Crippen LogP contribution < -0.4 is 5.32 Å². The van der Waals surface area contributed by atoms with Crippen molar-refractivity contribution in [2.75, 3.05) is 5.32 Å². The first-order valence-corrected chi connectivity index (χ1v) is 7.49. The molecule has 0 aliphatic rings. The van der Waals surface area contributed by atoms with Crippen LogP contribution in [0.3, 0.4) is 0 Å². The lowest BCUT2D eigenvalue weighted by Crippen LogP contribution is -2.18. The van der Waals surface area contributed by atoms with E-state index in [-0.39, 0.29) is 5.78 Å². The maximum atomic E-state index is 11.6. The predicted molar refractivity (Wildman–Crippen MR) is 78.0 cm³/mol. The van der Waals surface area contributed by atoms with Crippen molar-refractivity contribution in [1.29, 1.82) is 0 Å². The quantitative estimate of drug-likeness (QED) is 0.848. The van der Waals surface area contributed by atoms with Gasteiger partial charge in [0.2, 0.25) is 0 Å². The molecule has 0 saturated carbocycles. The number of aromatic nitrogens is 1. The molecule has 0 saturated heterocycles. The fraction of sp³-hybridized carbons (Fsp3) is 0.385. The highest BCUT2D eigenvalue weighted by Crippen LogP contribution is 2.26. The van der Waals surface area contributed by atoms with Crippen molar-refractivity contribution in [1.82, 2.24) is 4.37 Å². The predicted octanol–water partition coefficient (Wildman–Crippen LogP) is 3.76. The van der Waals surface area contributed by atoms with E-state index in [0.717, 1.165) is 22.7 Å². The number of carbonyl (C=O) groups excluding carboxylic acids is 1. The van der Waals surface area contributed by atoms with Crippen LogP contribution in [0.15, 0.2) is 17.5 Å². The van der Waals surface area contributed by atoms with Gasteiger partial charge in [-0.3, -0.25) is 4.79 Å². The fourth-order valence-corrected chi connectivity index (χ4v) is 3.68. The van der Waals surface area contributed by atoms with Gasteiger partial charge in [-0.2, -0.15) is 4.37 Å². The summed E-state index contributed by atoms with van der Waals surface area (Å²) in [6.45, 7) is 5.59. The van der Waals surface area contributed by atoms with E-state index < -0.39 is 0 Å². The number of ketones is 1. The van der Waals surface area contributed by atoms with Gasteiger partial charge in [0.25, 0.3) is 0 Å². The molecule has 0 aromatic carbocycles. The first-order valence-electron chi connectivity index (χ1n) is 5.84. The average Bonchev–Trinajstić information content (AvgIpc) is 2.88. The number of rotatable bonds is 5. The Labute approximate surface area is 115 Å². The van der Waals surface area contributed by atoms with Crippen LogP contribution in [0.5, 0.6) is 0 Å². The van der Waals surface area contributed by atoms with Gasteiger partial charge in [-0.05, 0) is 43.8 Å². The first kappa shape index (κ1) is 13.2. The molecule has 2 heterocycles. The van der Waals surface area contributed by atoms with Gasteiger partial charge in [0, 0.05) is 17.3 Å². The van der Waals surface area contributed by atoms with Crippen LogP contribution >= 0.6 is 22.9 Å². The van der Waals surface area contributed by atoms with Gasteiger partial charge in [-0.15, -0.1) is 11.3 Å². The second-order valence-corrected chi connectivity index (χ2v) is 6.16. The van der Waals surface area contributed by atoms with Gasteiger partial charge in [-0.25, -0.2) is 0 Å². The number of hydrogen-bond acceptors (Lipinski definition) is 5. The smallest absolute Gasteiger partial charge is 0.164 e. The Bertz CT molecular complexity index is 531. The third kappa shape index (κ3) is 2.97. The summed E-state index contributed by atoms with van der Waals surface area (Å²) in [6.07, 6.45) is 0.964. The minimum atomic E-state index is 0.0760. The van der Waals surface area contributed by atoms with Crippen molar-refractivity contribution in [2.24, 2.45) is 0 Å². The zero-order valence-electron chi connectivity index (χ0n) is 10.7. The van der Waals surface area contributed by atoms with Crippen molar-refractivity contribution in [3.05, 3.63) is 33.6 Å². The van der Waals surface area contributed by atoms with Crippen molar-refractivity contribution in [3.8, 4) is 0 Å². The Morgan fingerprint density at radius 2 is 2.33 bits per heavy atom. The molecule has 1 N–H and O–H groups in total. The Hall–Kier alpha value is -1.20. The molecule has 0 aliphatic heterocycles. The Morgan fingerprint density at radius 1 is 1.56 bits per heavy atom. The molecule has 0 bridgehead atoms. The number of carbonyl (C=O) groups is 1. The third-order valence-electron chi connectivity index (χ3n) is 2.68. The zero-order chi connectivity index (χ0) is 13.1. The molecule has 18 heavy (non-hydrogen) atoms. The minimum absolute atomic E-state index is 0.0760. The molecule has 0 radical (unpaired) electrons. The number of Topliss-reactive ketones (excluding diaryl/α,β-unsaturated/α-hetero) is 1. The van der Waals surface area contributed by atoms with Crippen LogP contribution in [0.25, 0.3) is 0 Å². The summed E-state index contributed by atoms with van der Waals surface area (Å²) >= 11 is 3.13. The third-order valence-corrected chi connectivity index (χ3v) is 4.45. The van der Waals surface area contributed by atoms with Crippen molar-refractivity contribution < 1.29 is 4.79 Å². The standard InChI is InChI=1S/C13H16N2OS2/c1-8(7-11-5-4-6-17-11)14-13-12(10(3)16)9(2)15-18-13/h4-6,8,14H,7H2,1-3H3. The molecule has 96 valence electrons. The van der Waals surface area contributed by atoms with Crippen LogP contribution in [0.1, 0.15) is 34.8 Å². The summed E-state index contributed by atoms with van der Waals surface area (Å²) in [4.78, 5) is 12.9. The lowest BCUT2D eigenvalue weighted by Gasteiger charge is -2.13. The summed E-state index contributed by atoms with van der Waals surface area (Å²) < 4.78 is 4.25. The molecule has 0 amide bonds. The number of aryl methyl sites for hydroxylation is 1. The lowest BCUT2D eigenvalue weighted by molar-refractivity contribution is 0.101. The van der Waals surface area contributed by atoms with Gasteiger partial charge >= 0.3 is 0 Å². The van der Waals surface area contributed by atoms with Crippen LogP contribution in [0.2, 0.25) is 0 Å². The molecule has 5 heteroatoms. The topological polar surface area (TPSA) is 42.0 Å². The van der Waals surface area contributed by atoms with E-state index in [1.54, 1.807) is 18.3 Å². The Kier molecular flexibility index (Phi) is 4.14. The second-order valence-electron chi connectivity index (χ2n) is 4.36. The number of nitrogens with zero attached hydrogens (tertiary/aromatic N) is 1. The highest BCUT2D eigenvalue weighted by molar-refractivity contribution is 7.10. The van der Waals surface area contributed by atoms with Gasteiger partial charge in [0.05, 0.1) is 11.3 Å². The van der Waals surface area contributed by atoms with E-state index in [2.05, 4.69) is 34.1 Å². The van der Waals surface area contributed by atoms with Gasteiger partial charge < -0.3 is 5.32 Å². The largest absolute Gasteiger partial charge is 0.372 e. The van der Waals surface area contributed by atoms with Crippen LogP contribution in [-0.4, -0.2) is 16.2 Å². The second kappa shape index (κ2) is 5.63. The normalized spacial score (nSPS) is 12.4. The minimum Gasteiger partial charge on any atom is -0.372 e. The summed E-state index contributed by atoms with van der Waals surface area (Å²) in [6, 6.07) is 4.48. The van der Waals surface area contributed by atoms with Crippen LogP contribution in [0.4, 0.5) is 5.00 Å².